The first kappa shape index (κ1) is 16.7. The van der Waals surface area contributed by atoms with Gasteiger partial charge in [-0.1, -0.05) is 12.1 Å². The summed E-state index contributed by atoms with van der Waals surface area (Å²) in [4.78, 5) is 11.2. The number of fused-ring (bicyclic) bond motifs is 1. The molecule has 26 heavy (non-hydrogen) atoms. The zero-order valence-corrected chi connectivity index (χ0v) is 15.2. The van der Waals surface area contributed by atoms with Gasteiger partial charge >= 0.3 is 0 Å². The topological polar surface area (TPSA) is 70.1 Å². The lowest BCUT2D eigenvalue weighted by Crippen LogP contribution is -2.35. The van der Waals surface area contributed by atoms with Crippen LogP contribution in [0.1, 0.15) is 46.8 Å². The number of piperidine rings is 1. The summed E-state index contributed by atoms with van der Waals surface area (Å²) >= 11 is 0. The maximum absolute atomic E-state index is 9.26. The minimum Gasteiger partial charge on any atom is -0.298 e. The number of hydrogen-bond donors (Lipinski definition) is 0. The predicted octanol–water partition coefficient (Wildman–Crippen LogP) is 2.99. The zero-order valence-electron chi connectivity index (χ0n) is 15.2. The maximum atomic E-state index is 9.26. The molecule has 1 unspecified atom stereocenters. The van der Waals surface area contributed by atoms with E-state index in [-0.39, 0.29) is 0 Å². The third-order valence-electron chi connectivity index (χ3n) is 5.29. The van der Waals surface area contributed by atoms with Crippen LogP contribution in [-0.4, -0.2) is 37.6 Å². The minimum absolute atomic E-state index is 0.411. The Morgan fingerprint density at radius 1 is 1.31 bits per heavy atom. The van der Waals surface area contributed by atoms with Gasteiger partial charge in [0.05, 0.1) is 17.3 Å². The first-order valence-electron chi connectivity index (χ1n) is 9.04. The van der Waals surface area contributed by atoms with E-state index in [9.17, 15) is 5.26 Å². The summed E-state index contributed by atoms with van der Waals surface area (Å²) < 4.78 is 1.88. The molecule has 1 aromatic carbocycles. The Morgan fingerprint density at radius 3 is 3.04 bits per heavy atom. The van der Waals surface area contributed by atoms with Crippen molar-refractivity contribution in [2.75, 3.05) is 13.1 Å². The third-order valence-corrected chi connectivity index (χ3v) is 5.29. The van der Waals surface area contributed by atoms with Crippen molar-refractivity contribution in [1.82, 2.24) is 24.5 Å². The fraction of sp³-hybridized carbons (Fsp3) is 0.400. The number of benzene rings is 1. The van der Waals surface area contributed by atoms with Gasteiger partial charge in [0.2, 0.25) is 0 Å². The van der Waals surface area contributed by atoms with Gasteiger partial charge in [0, 0.05) is 24.7 Å². The van der Waals surface area contributed by atoms with Crippen LogP contribution in [0.15, 0.2) is 30.6 Å². The molecule has 1 aliphatic rings. The van der Waals surface area contributed by atoms with Crippen LogP contribution in [0.25, 0.3) is 5.78 Å². The SMILES string of the molecule is Cc1cc(C2CCCN(Cc3cccc(C#N)c3C)C2)n2ncnc2n1. The van der Waals surface area contributed by atoms with Crippen molar-refractivity contribution in [3.8, 4) is 6.07 Å². The molecule has 4 rings (SSSR count). The largest absolute Gasteiger partial charge is 0.298 e. The Morgan fingerprint density at radius 2 is 2.19 bits per heavy atom. The average Bonchev–Trinajstić information content (AvgIpc) is 3.11. The first-order valence-corrected chi connectivity index (χ1v) is 9.04. The Hall–Kier alpha value is -2.78. The van der Waals surface area contributed by atoms with Gasteiger partial charge in [-0.3, -0.25) is 4.90 Å². The quantitative estimate of drug-likeness (QED) is 0.729. The molecule has 0 amide bonds. The molecule has 132 valence electrons. The van der Waals surface area contributed by atoms with Gasteiger partial charge in [0.15, 0.2) is 0 Å². The average molecular weight is 346 g/mol. The van der Waals surface area contributed by atoms with Crippen molar-refractivity contribution in [3.63, 3.8) is 0 Å². The molecule has 0 saturated carbocycles. The molecule has 3 heterocycles. The monoisotopic (exact) mass is 346 g/mol. The van der Waals surface area contributed by atoms with Gasteiger partial charge in [-0.25, -0.2) is 9.50 Å². The molecular formula is C20H22N6. The van der Waals surface area contributed by atoms with E-state index in [1.807, 2.05) is 30.5 Å². The highest BCUT2D eigenvalue weighted by atomic mass is 15.3. The van der Waals surface area contributed by atoms with E-state index in [0.29, 0.717) is 11.7 Å². The lowest BCUT2D eigenvalue weighted by molar-refractivity contribution is 0.197. The van der Waals surface area contributed by atoms with E-state index in [2.05, 4.69) is 38.2 Å². The lowest BCUT2D eigenvalue weighted by Gasteiger charge is -2.33. The first-order chi connectivity index (χ1) is 12.7. The van der Waals surface area contributed by atoms with Crippen molar-refractivity contribution in [3.05, 3.63) is 58.7 Å². The third kappa shape index (κ3) is 3.06. The summed E-state index contributed by atoms with van der Waals surface area (Å²) in [5.74, 6) is 1.09. The molecule has 3 aromatic rings. The molecule has 0 radical (unpaired) electrons. The second kappa shape index (κ2) is 6.85. The molecule has 1 atom stereocenters. The molecule has 0 spiro atoms. The van der Waals surface area contributed by atoms with Crippen molar-refractivity contribution in [2.45, 2.75) is 39.2 Å². The van der Waals surface area contributed by atoms with Gasteiger partial charge < -0.3 is 0 Å². The number of nitrogens with zero attached hydrogens (tertiary/aromatic N) is 6. The number of hydrogen-bond acceptors (Lipinski definition) is 5. The van der Waals surface area contributed by atoms with Crippen molar-refractivity contribution in [1.29, 1.82) is 5.26 Å². The number of rotatable bonds is 3. The molecule has 6 nitrogen and oxygen atoms in total. The fourth-order valence-corrected chi connectivity index (χ4v) is 3.91. The van der Waals surface area contributed by atoms with Crippen LogP contribution >= 0.6 is 0 Å². The highest BCUT2D eigenvalue weighted by Gasteiger charge is 2.24. The van der Waals surface area contributed by atoms with E-state index < -0.39 is 0 Å². The number of aryl methyl sites for hydroxylation is 1. The summed E-state index contributed by atoms with van der Waals surface area (Å²) in [6.07, 6.45) is 3.87. The lowest BCUT2D eigenvalue weighted by atomic mass is 9.93. The normalized spacial score (nSPS) is 18.1. The summed E-state index contributed by atoms with van der Waals surface area (Å²) in [7, 11) is 0. The second-order valence-corrected chi connectivity index (χ2v) is 7.07. The van der Waals surface area contributed by atoms with Gasteiger partial charge in [0.1, 0.15) is 6.33 Å². The van der Waals surface area contributed by atoms with Crippen LogP contribution in [0.5, 0.6) is 0 Å². The Bertz CT molecular complexity index is 984. The molecule has 2 aromatic heterocycles. The van der Waals surface area contributed by atoms with Crippen LogP contribution in [0.3, 0.4) is 0 Å². The van der Waals surface area contributed by atoms with E-state index >= 15 is 0 Å². The molecule has 1 saturated heterocycles. The van der Waals surface area contributed by atoms with E-state index in [1.165, 1.54) is 11.3 Å². The van der Waals surface area contributed by atoms with Crippen LogP contribution in [0.2, 0.25) is 0 Å². The molecular weight excluding hydrogens is 324 g/mol. The van der Waals surface area contributed by atoms with E-state index in [1.54, 1.807) is 6.33 Å². The minimum atomic E-state index is 0.411. The molecule has 0 bridgehead atoms. The maximum Gasteiger partial charge on any atom is 0.252 e. The fourth-order valence-electron chi connectivity index (χ4n) is 3.91. The highest BCUT2D eigenvalue weighted by molar-refractivity contribution is 5.41. The molecule has 1 fully saturated rings. The molecule has 0 N–H and O–H groups in total. The smallest absolute Gasteiger partial charge is 0.252 e. The molecule has 6 heteroatoms. The van der Waals surface area contributed by atoms with Crippen LogP contribution < -0.4 is 0 Å². The van der Waals surface area contributed by atoms with Crippen molar-refractivity contribution in [2.24, 2.45) is 0 Å². The van der Waals surface area contributed by atoms with E-state index in [0.717, 1.165) is 49.3 Å². The Balaban J connectivity index is 1.58. The molecule has 0 aliphatic carbocycles. The summed E-state index contributed by atoms with van der Waals surface area (Å²) in [6, 6.07) is 10.4. The van der Waals surface area contributed by atoms with Crippen LogP contribution in [0, 0.1) is 25.2 Å². The van der Waals surface area contributed by atoms with E-state index in [4.69, 9.17) is 0 Å². The Labute approximate surface area is 153 Å². The van der Waals surface area contributed by atoms with Crippen LogP contribution in [0.4, 0.5) is 0 Å². The number of likely N-dealkylation sites (tertiary alicyclic amines) is 1. The summed E-state index contributed by atoms with van der Waals surface area (Å²) in [5.41, 5.74) is 5.27. The van der Waals surface area contributed by atoms with Gasteiger partial charge in [-0.2, -0.15) is 15.3 Å². The summed E-state index contributed by atoms with van der Waals surface area (Å²) in [5, 5.41) is 13.6. The van der Waals surface area contributed by atoms with Gasteiger partial charge in [0.25, 0.3) is 5.78 Å². The summed E-state index contributed by atoms with van der Waals surface area (Å²) in [6.45, 7) is 6.99. The van der Waals surface area contributed by atoms with Crippen LogP contribution in [-0.2, 0) is 6.54 Å². The predicted molar refractivity (Wildman–Crippen MR) is 98.7 cm³/mol. The second-order valence-electron chi connectivity index (χ2n) is 7.07. The van der Waals surface area contributed by atoms with Gasteiger partial charge in [-0.15, -0.1) is 0 Å². The number of aromatic nitrogens is 4. The van der Waals surface area contributed by atoms with Crippen molar-refractivity contribution >= 4 is 5.78 Å². The highest BCUT2D eigenvalue weighted by Crippen LogP contribution is 2.28. The zero-order chi connectivity index (χ0) is 18.1. The standard InChI is InChI=1S/C20H22N6/c1-14-9-19(26-20(24-14)22-13-23-26)18-7-4-8-25(12-18)11-17-6-3-5-16(10-21)15(17)2/h3,5-6,9,13,18H,4,7-8,11-12H2,1-2H3. The molecule has 1 aliphatic heterocycles. The van der Waals surface area contributed by atoms with Crippen molar-refractivity contribution < 1.29 is 0 Å². The number of nitriles is 1. The van der Waals surface area contributed by atoms with Gasteiger partial charge in [-0.05, 0) is 56.5 Å². The Kier molecular flexibility index (Phi) is 4.39.